The van der Waals surface area contributed by atoms with Crippen molar-refractivity contribution < 1.29 is 23.7 Å². The molecule has 5 nitrogen and oxygen atoms in total. The molecule has 5 heteroatoms. The lowest BCUT2D eigenvalue weighted by atomic mass is 10.0. The van der Waals surface area contributed by atoms with Gasteiger partial charge in [0.2, 0.25) is 0 Å². The van der Waals surface area contributed by atoms with Crippen LogP contribution in [0, 0.1) is 0 Å². The fourth-order valence-electron chi connectivity index (χ4n) is 2.73. The second-order valence-corrected chi connectivity index (χ2v) is 6.51. The first-order valence-electron chi connectivity index (χ1n) is 8.35. The van der Waals surface area contributed by atoms with Crippen molar-refractivity contribution >= 4 is 5.78 Å². The second-order valence-electron chi connectivity index (χ2n) is 6.51. The number of hydrogen-bond acceptors (Lipinski definition) is 5. The van der Waals surface area contributed by atoms with Crippen molar-refractivity contribution in [2.75, 3.05) is 6.61 Å². The number of ketones is 1. The van der Waals surface area contributed by atoms with Crippen LogP contribution in [-0.2, 0) is 23.7 Å². The van der Waals surface area contributed by atoms with Crippen LogP contribution in [0.5, 0.6) is 0 Å². The Morgan fingerprint density at radius 3 is 2.23 bits per heavy atom. The Kier molecular flexibility index (Phi) is 7.97. The Labute approximate surface area is 134 Å². The average molecular weight is 316 g/mol. The average Bonchev–Trinajstić information content (AvgIpc) is 2.71. The quantitative estimate of drug-likeness (QED) is 0.655. The van der Waals surface area contributed by atoms with Crippen molar-refractivity contribution in [2.24, 2.45) is 0 Å². The van der Waals surface area contributed by atoms with Gasteiger partial charge >= 0.3 is 0 Å². The molecule has 0 saturated carbocycles. The third-order valence-corrected chi connectivity index (χ3v) is 3.69. The zero-order valence-corrected chi connectivity index (χ0v) is 15.0. The molecule has 0 aliphatic carbocycles. The molecular weight excluding hydrogens is 284 g/mol. The van der Waals surface area contributed by atoms with Gasteiger partial charge in [-0.25, -0.2) is 0 Å². The highest BCUT2D eigenvalue weighted by Gasteiger charge is 2.47. The predicted octanol–water partition coefficient (Wildman–Crippen LogP) is 2.75. The molecule has 0 N–H and O–H groups in total. The van der Waals surface area contributed by atoms with Crippen molar-refractivity contribution in [1.82, 2.24) is 0 Å². The Morgan fingerprint density at radius 2 is 1.73 bits per heavy atom. The predicted molar refractivity (Wildman–Crippen MR) is 85.1 cm³/mol. The van der Waals surface area contributed by atoms with E-state index in [0.717, 1.165) is 0 Å². The number of carbonyl (C=O) groups is 1. The number of carbonyl (C=O) groups excluding carboxylic acids is 1. The zero-order chi connectivity index (χ0) is 16.9. The summed E-state index contributed by atoms with van der Waals surface area (Å²) in [5.41, 5.74) is 0. The molecule has 1 aliphatic rings. The summed E-state index contributed by atoms with van der Waals surface area (Å²) in [6, 6.07) is 0. The van der Waals surface area contributed by atoms with Gasteiger partial charge in [0, 0.05) is 6.42 Å². The van der Waals surface area contributed by atoms with Crippen molar-refractivity contribution in [2.45, 2.75) is 97.6 Å². The summed E-state index contributed by atoms with van der Waals surface area (Å²) in [5, 5.41) is 0. The minimum atomic E-state index is -0.249. The van der Waals surface area contributed by atoms with E-state index in [9.17, 15) is 4.79 Å². The van der Waals surface area contributed by atoms with E-state index in [1.807, 2.05) is 48.5 Å². The molecule has 1 rings (SSSR count). The van der Waals surface area contributed by atoms with Crippen LogP contribution in [0.15, 0.2) is 0 Å². The van der Waals surface area contributed by atoms with Crippen LogP contribution in [0.4, 0.5) is 0 Å². The van der Waals surface area contributed by atoms with E-state index in [-0.39, 0.29) is 55.1 Å². The van der Waals surface area contributed by atoms with Gasteiger partial charge in [0.05, 0.1) is 24.4 Å². The molecule has 0 bridgehead atoms. The Morgan fingerprint density at radius 1 is 1.09 bits per heavy atom. The fraction of sp³-hybridized carbons (Fsp3) is 0.941. The van der Waals surface area contributed by atoms with E-state index in [1.165, 1.54) is 0 Å². The maximum Gasteiger partial charge on any atom is 0.158 e. The monoisotopic (exact) mass is 316 g/mol. The van der Waals surface area contributed by atoms with E-state index >= 15 is 0 Å². The van der Waals surface area contributed by atoms with Crippen molar-refractivity contribution in [3.05, 3.63) is 0 Å². The molecule has 0 unspecified atom stereocenters. The van der Waals surface area contributed by atoms with Gasteiger partial charge in [-0.2, -0.15) is 0 Å². The minimum absolute atomic E-state index is 0.0561. The summed E-state index contributed by atoms with van der Waals surface area (Å²) in [5.74, 6) is 0.0884. The minimum Gasteiger partial charge on any atom is -0.373 e. The summed E-state index contributed by atoms with van der Waals surface area (Å²) in [4.78, 5) is 11.5. The zero-order valence-electron chi connectivity index (χ0n) is 15.0. The molecule has 1 aliphatic heterocycles. The van der Waals surface area contributed by atoms with Crippen molar-refractivity contribution in [3.63, 3.8) is 0 Å². The summed E-state index contributed by atoms with van der Waals surface area (Å²) in [6.07, 6.45) is -0.237. The molecule has 22 heavy (non-hydrogen) atoms. The van der Waals surface area contributed by atoms with Gasteiger partial charge in [0.15, 0.2) is 5.78 Å². The molecule has 1 heterocycles. The molecule has 0 aromatic carbocycles. The molecule has 5 atom stereocenters. The van der Waals surface area contributed by atoms with Gasteiger partial charge in [-0.15, -0.1) is 0 Å². The Hall–Kier alpha value is -0.490. The summed E-state index contributed by atoms with van der Waals surface area (Å²) in [7, 11) is 0. The van der Waals surface area contributed by atoms with Gasteiger partial charge < -0.3 is 18.9 Å². The lowest BCUT2D eigenvalue weighted by Crippen LogP contribution is -2.44. The smallest absolute Gasteiger partial charge is 0.158 e. The van der Waals surface area contributed by atoms with Gasteiger partial charge in [0.1, 0.15) is 24.9 Å². The second kappa shape index (κ2) is 8.96. The number of Topliss-reactive ketones (excluding diaryl/α,β-unsaturated/α-hetero) is 1. The van der Waals surface area contributed by atoms with E-state index in [2.05, 4.69) is 0 Å². The SMILES string of the molecule is CCC(=O)CO[C@@H]1[C@H](OC(C)C)[C@@H]([C@H](C)OC(C)C)O[C@H]1C. The lowest BCUT2D eigenvalue weighted by molar-refractivity contribution is -0.136. The van der Waals surface area contributed by atoms with Crippen molar-refractivity contribution in [1.29, 1.82) is 0 Å². The van der Waals surface area contributed by atoms with Gasteiger partial charge in [-0.05, 0) is 41.5 Å². The molecule has 1 saturated heterocycles. The lowest BCUT2D eigenvalue weighted by Gasteiger charge is -2.29. The first-order valence-corrected chi connectivity index (χ1v) is 8.35. The fourth-order valence-corrected chi connectivity index (χ4v) is 2.73. The molecule has 130 valence electrons. The van der Waals surface area contributed by atoms with Crippen LogP contribution < -0.4 is 0 Å². The number of rotatable bonds is 9. The Bertz CT molecular complexity index is 342. The summed E-state index contributed by atoms with van der Waals surface area (Å²) in [6.45, 7) is 13.9. The molecule has 0 radical (unpaired) electrons. The van der Waals surface area contributed by atoms with Crippen molar-refractivity contribution in [3.8, 4) is 0 Å². The van der Waals surface area contributed by atoms with Crippen LogP contribution >= 0.6 is 0 Å². The normalized spacial score (nSPS) is 30.2. The Balaban J connectivity index is 2.78. The molecule has 1 fully saturated rings. The molecule has 0 amide bonds. The highest BCUT2D eigenvalue weighted by atomic mass is 16.6. The van der Waals surface area contributed by atoms with E-state index in [4.69, 9.17) is 18.9 Å². The molecule has 0 aromatic rings. The number of ether oxygens (including phenoxy) is 4. The molecule has 0 spiro atoms. The highest BCUT2D eigenvalue weighted by molar-refractivity contribution is 5.79. The van der Waals surface area contributed by atoms with Crippen LogP contribution in [0.3, 0.4) is 0 Å². The highest BCUT2D eigenvalue weighted by Crippen LogP contribution is 2.30. The van der Waals surface area contributed by atoms with Gasteiger partial charge in [-0.1, -0.05) is 6.92 Å². The maximum atomic E-state index is 11.5. The molecular formula is C17H32O5. The first-order chi connectivity index (χ1) is 10.3. The van der Waals surface area contributed by atoms with E-state index in [1.54, 1.807) is 0 Å². The number of hydrogen-bond donors (Lipinski definition) is 0. The van der Waals surface area contributed by atoms with E-state index < -0.39 is 0 Å². The van der Waals surface area contributed by atoms with Crippen LogP contribution in [0.2, 0.25) is 0 Å². The third kappa shape index (κ3) is 5.61. The standard InChI is InChI=1S/C17H32O5/c1-8-14(18)9-19-15-12(6)22-16(13(7)20-10(2)3)17(15)21-11(4)5/h10-13,15-17H,8-9H2,1-7H3/t12-,13-,15-,16+,17-/m0/s1. The van der Waals surface area contributed by atoms with E-state index in [0.29, 0.717) is 6.42 Å². The topological polar surface area (TPSA) is 54.0 Å². The largest absolute Gasteiger partial charge is 0.373 e. The van der Waals surface area contributed by atoms with Crippen LogP contribution in [-0.4, -0.2) is 55.1 Å². The van der Waals surface area contributed by atoms with Gasteiger partial charge in [0.25, 0.3) is 0 Å². The maximum absolute atomic E-state index is 11.5. The summed E-state index contributed by atoms with van der Waals surface area (Å²) >= 11 is 0. The summed E-state index contributed by atoms with van der Waals surface area (Å²) < 4.78 is 23.7. The molecule has 0 aromatic heterocycles. The van der Waals surface area contributed by atoms with Gasteiger partial charge in [-0.3, -0.25) is 4.79 Å². The van der Waals surface area contributed by atoms with Crippen LogP contribution in [0.25, 0.3) is 0 Å². The van der Waals surface area contributed by atoms with Crippen LogP contribution in [0.1, 0.15) is 54.9 Å². The third-order valence-electron chi connectivity index (χ3n) is 3.69. The first kappa shape index (κ1) is 19.6.